The van der Waals surface area contributed by atoms with Gasteiger partial charge in [0.1, 0.15) is 5.82 Å². The van der Waals surface area contributed by atoms with Gasteiger partial charge in [-0.25, -0.2) is 5.84 Å². The average Bonchev–Trinajstić information content (AvgIpc) is 2.53. The highest BCUT2D eigenvalue weighted by atomic mass is 15.4. The molecule has 12 heavy (non-hydrogen) atoms. The third-order valence-electron chi connectivity index (χ3n) is 1.68. The maximum Gasteiger partial charge on any atom is 0.256 e. The molecule has 0 saturated heterocycles. The summed E-state index contributed by atoms with van der Waals surface area (Å²) in [5.74, 6) is 6.48. The van der Waals surface area contributed by atoms with Crippen molar-refractivity contribution < 1.29 is 0 Å². The van der Waals surface area contributed by atoms with E-state index in [1.807, 2.05) is 0 Å². The van der Waals surface area contributed by atoms with Crippen LogP contribution in [0.5, 0.6) is 0 Å². The normalized spacial score (nSPS) is 10.2. The molecule has 1 rings (SSSR count). The van der Waals surface area contributed by atoms with Crippen molar-refractivity contribution in [3.63, 3.8) is 0 Å². The van der Waals surface area contributed by atoms with Crippen LogP contribution >= 0.6 is 0 Å². The molecular weight excluding hydrogens is 154 g/mol. The highest BCUT2D eigenvalue weighted by Gasteiger charge is 1.99. The zero-order chi connectivity index (χ0) is 8.81. The fraction of sp³-hybridized carbons (Fsp3) is 0.714. The summed E-state index contributed by atoms with van der Waals surface area (Å²) in [4.78, 5) is 4.10. The van der Waals surface area contributed by atoms with Crippen molar-refractivity contribution in [3.8, 4) is 0 Å². The molecule has 5 nitrogen and oxygen atoms in total. The number of anilines is 1. The van der Waals surface area contributed by atoms with Crippen molar-refractivity contribution >= 4 is 5.95 Å². The molecule has 0 aromatic carbocycles. The van der Waals surface area contributed by atoms with E-state index >= 15 is 0 Å². The molecule has 0 radical (unpaired) electrons. The lowest BCUT2D eigenvalue weighted by Gasteiger charge is -1.92. The van der Waals surface area contributed by atoms with Crippen LogP contribution in [0.1, 0.15) is 32.0 Å². The highest BCUT2D eigenvalue weighted by Crippen LogP contribution is 2.02. The second-order valence-corrected chi connectivity index (χ2v) is 2.71. The number of aryl methyl sites for hydroxylation is 1. The Kier molecular flexibility index (Phi) is 3.53. The fourth-order valence-corrected chi connectivity index (χ4v) is 1.01. The predicted octanol–water partition coefficient (Wildman–Crippen LogP) is 0.823. The van der Waals surface area contributed by atoms with Crippen molar-refractivity contribution in [3.05, 3.63) is 5.82 Å². The molecule has 1 heterocycles. The van der Waals surface area contributed by atoms with Gasteiger partial charge in [-0.05, 0) is 6.42 Å². The van der Waals surface area contributed by atoms with Gasteiger partial charge in [-0.1, -0.05) is 19.8 Å². The molecule has 1 aromatic heterocycles. The molecule has 0 amide bonds. The summed E-state index contributed by atoms with van der Waals surface area (Å²) >= 11 is 0. The number of aromatic nitrogens is 3. The minimum absolute atomic E-state index is 0.460. The topological polar surface area (TPSA) is 79.6 Å². The first kappa shape index (κ1) is 8.99. The van der Waals surface area contributed by atoms with Crippen molar-refractivity contribution in [2.75, 3.05) is 5.43 Å². The summed E-state index contributed by atoms with van der Waals surface area (Å²) in [6.07, 6.45) is 4.54. The summed E-state index contributed by atoms with van der Waals surface area (Å²) in [6.45, 7) is 2.17. The van der Waals surface area contributed by atoms with Crippen molar-refractivity contribution in [1.82, 2.24) is 15.2 Å². The van der Waals surface area contributed by atoms with E-state index in [1.165, 1.54) is 12.8 Å². The second-order valence-electron chi connectivity index (χ2n) is 2.71. The van der Waals surface area contributed by atoms with E-state index in [0.717, 1.165) is 18.7 Å². The molecule has 5 heteroatoms. The van der Waals surface area contributed by atoms with Crippen LogP contribution in [0.3, 0.4) is 0 Å². The molecule has 0 bridgehead atoms. The van der Waals surface area contributed by atoms with Gasteiger partial charge < -0.3 is 0 Å². The molecule has 1 aromatic rings. The first-order chi connectivity index (χ1) is 5.86. The van der Waals surface area contributed by atoms with E-state index in [2.05, 4.69) is 27.5 Å². The van der Waals surface area contributed by atoms with E-state index in [4.69, 9.17) is 5.84 Å². The smallest absolute Gasteiger partial charge is 0.256 e. The SMILES string of the molecule is CCCCCc1nc(NN)n[nH]1. The Morgan fingerprint density at radius 3 is 2.92 bits per heavy atom. The number of hydrazine groups is 1. The number of hydrogen-bond donors (Lipinski definition) is 3. The highest BCUT2D eigenvalue weighted by molar-refractivity contribution is 5.19. The zero-order valence-electron chi connectivity index (χ0n) is 7.30. The van der Waals surface area contributed by atoms with Crippen LogP contribution in [0.2, 0.25) is 0 Å². The third kappa shape index (κ3) is 2.50. The summed E-state index contributed by atoms with van der Waals surface area (Å²) in [5, 5.41) is 6.65. The molecule has 0 aliphatic heterocycles. The lowest BCUT2D eigenvalue weighted by molar-refractivity contribution is 0.695. The molecule has 0 atom stereocenters. The number of aromatic amines is 1. The molecule has 0 aliphatic carbocycles. The summed E-state index contributed by atoms with van der Waals surface area (Å²) < 4.78 is 0. The van der Waals surface area contributed by atoms with E-state index in [-0.39, 0.29) is 0 Å². The standard InChI is InChI=1S/C7H15N5/c1-2-3-4-5-6-9-7(10-8)12-11-6/h2-5,8H2,1H3,(H2,9,10,11,12). The molecule has 0 unspecified atom stereocenters. The molecule has 68 valence electrons. The van der Waals surface area contributed by atoms with E-state index in [1.54, 1.807) is 0 Å². The van der Waals surface area contributed by atoms with Gasteiger partial charge in [0, 0.05) is 6.42 Å². The number of nitrogens with two attached hydrogens (primary N) is 1. The van der Waals surface area contributed by atoms with E-state index in [9.17, 15) is 0 Å². The summed E-state index contributed by atoms with van der Waals surface area (Å²) in [5.41, 5.74) is 2.38. The first-order valence-corrected chi connectivity index (χ1v) is 4.24. The lowest BCUT2D eigenvalue weighted by Crippen LogP contribution is -2.08. The van der Waals surface area contributed by atoms with Gasteiger partial charge in [0.05, 0.1) is 0 Å². The minimum atomic E-state index is 0.460. The molecule has 0 aliphatic rings. The van der Waals surface area contributed by atoms with Crippen LogP contribution in [0.25, 0.3) is 0 Å². The van der Waals surface area contributed by atoms with Gasteiger partial charge in [0.2, 0.25) is 0 Å². The predicted molar refractivity (Wildman–Crippen MR) is 47.4 cm³/mol. The number of nitrogens with zero attached hydrogens (tertiary/aromatic N) is 2. The van der Waals surface area contributed by atoms with Gasteiger partial charge in [-0.2, -0.15) is 4.98 Å². The second kappa shape index (κ2) is 4.71. The first-order valence-electron chi connectivity index (χ1n) is 4.24. The van der Waals surface area contributed by atoms with Gasteiger partial charge in [0.15, 0.2) is 0 Å². The lowest BCUT2D eigenvalue weighted by atomic mass is 10.2. The van der Waals surface area contributed by atoms with Crippen LogP contribution in [-0.4, -0.2) is 15.2 Å². The quantitative estimate of drug-likeness (QED) is 0.346. The van der Waals surface area contributed by atoms with Crippen LogP contribution in [0, 0.1) is 0 Å². The van der Waals surface area contributed by atoms with E-state index in [0.29, 0.717) is 5.95 Å². The maximum atomic E-state index is 5.12. The Morgan fingerprint density at radius 2 is 2.33 bits per heavy atom. The molecule has 0 spiro atoms. The number of rotatable bonds is 5. The Bertz CT molecular complexity index is 219. The number of H-pyrrole nitrogens is 1. The van der Waals surface area contributed by atoms with Crippen LogP contribution in [-0.2, 0) is 6.42 Å². The van der Waals surface area contributed by atoms with Crippen LogP contribution in [0.4, 0.5) is 5.95 Å². The van der Waals surface area contributed by atoms with E-state index < -0.39 is 0 Å². The number of hydrogen-bond acceptors (Lipinski definition) is 4. The van der Waals surface area contributed by atoms with Crippen LogP contribution in [0.15, 0.2) is 0 Å². The molecular formula is C7H15N5. The average molecular weight is 169 g/mol. The fourth-order valence-electron chi connectivity index (χ4n) is 1.01. The molecule has 0 fully saturated rings. The third-order valence-corrected chi connectivity index (χ3v) is 1.68. The van der Waals surface area contributed by atoms with Gasteiger partial charge in [-0.15, -0.1) is 5.10 Å². The molecule has 0 saturated carbocycles. The summed E-state index contributed by atoms with van der Waals surface area (Å²) in [6, 6.07) is 0. The number of nitrogens with one attached hydrogen (secondary N) is 2. The maximum absolute atomic E-state index is 5.12. The Morgan fingerprint density at radius 1 is 1.50 bits per heavy atom. The number of unbranched alkanes of at least 4 members (excludes halogenated alkanes) is 2. The largest absolute Gasteiger partial charge is 0.291 e. The Labute approximate surface area is 71.7 Å². The van der Waals surface area contributed by atoms with Crippen molar-refractivity contribution in [2.45, 2.75) is 32.6 Å². The van der Waals surface area contributed by atoms with Gasteiger partial charge in [-0.3, -0.25) is 10.5 Å². The van der Waals surface area contributed by atoms with Crippen molar-refractivity contribution in [2.24, 2.45) is 5.84 Å². The Hall–Kier alpha value is -1.10. The zero-order valence-corrected chi connectivity index (χ0v) is 7.30. The van der Waals surface area contributed by atoms with Crippen molar-refractivity contribution in [1.29, 1.82) is 0 Å². The molecule has 4 N–H and O–H groups in total. The number of nitrogen functional groups attached to an aromatic ring is 1. The van der Waals surface area contributed by atoms with Crippen LogP contribution < -0.4 is 11.3 Å². The monoisotopic (exact) mass is 169 g/mol. The van der Waals surface area contributed by atoms with Gasteiger partial charge >= 0.3 is 0 Å². The Balaban J connectivity index is 2.31. The minimum Gasteiger partial charge on any atom is -0.291 e. The van der Waals surface area contributed by atoms with Gasteiger partial charge in [0.25, 0.3) is 5.95 Å². The summed E-state index contributed by atoms with van der Waals surface area (Å²) in [7, 11) is 0.